The fourth-order valence-corrected chi connectivity index (χ4v) is 4.35. The van der Waals surface area contributed by atoms with Gasteiger partial charge in [0.15, 0.2) is 0 Å². The third-order valence-corrected chi connectivity index (χ3v) is 5.54. The number of hydrogen-bond acceptors (Lipinski definition) is 3. The van der Waals surface area contributed by atoms with Crippen LogP contribution < -0.4 is 5.32 Å². The maximum absolute atomic E-state index is 12.1. The van der Waals surface area contributed by atoms with Crippen molar-refractivity contribution >= 4 is 44.5 Å². The third kappa shape index (κ3) is 2.84. The van der Waals surface area contributed by atoms with Gasteiger partial charge in [0.1, 0.15) is 4.88 Å². The molecule has 1 amide bonds. The van der Waals surface area contributed by atoms with Gasteiger partial charge in [-0.15, -0.1) is 22.7 Å². The monoisotopic (exact) mass is 343 g/mol. The molecule has 2 aromatic heterocycles. The van der Waals surface area contributed by atoms with Gasteiger partial charge in [0, 0.05) is 14.2 Å². The van der Waals surface area contributed by atoms with E-state index < -0.39 is 0 Å². The Morgan fingerprint density at radius 2 is 2.17 bits per heavy atom. The van der Waals surface area contributed by atoms with Crippen LogP contribution in [-0.2, 0) is 0 Å². The van der Waals surface area contributed by atoms with E-state index in [1.165, 1.54) is 26.7 Å². The normalized spacial score (nSPS) is 12.4. The molecule has 0 saturated heterocycles. The van der Waals surface area contributed by atoms with Gasteiger partial charge in [-0.25, -0.2) is 0 Å². The van der Waals surface area contributed by atoms with E-state index in [-0.39, 0.29) is 11.9 Å². The van der Waals surface area contributed by atoms with Gasteiger partial charge in [0.05, 0.1) is 6.04 Å². The van der Waals surface area contributed by atoms with Crippen molar-refractivity contribution < 1.29 is 4.79 Å². The minimum absolute atomic E-state index is 0.0207. The van der Waals surface area contributed by atoms with Gasteiger partial charge in [-0.2, -0.15) is 0 Å². The van der Waals surface area contributed by atoms with Crippen LogP contribution >= 0.6 is 38.6 Å². The smallest absolute Gasteiger partial charge is 0.262 e. The lowest BCUT2D eigenvalue weighted by Crippen LogP contribution is -2.26. The average molecular weight is 344 g/mol. The van der Waals surface area contributed by atoms with Crippen LogP contribution in [-0.4, -0.2) is 5.91 Å². The van der Waals surface area contributed by atoms with E-state index in [0.717, 1.165) is 9.35 Å². The summed E-state index contributed by atoms with van der Waals surface area (Å²) in [6.45, 7) is 6.20. The summed E-state index contributed by atoms with van der Waals surface area (Å²) in [6, 6.07) is 4.08. The molecular formula is C13H14BrNOS2. The minimum atomic E-state index is -0.0207. The lowest BCUT2D eigenvalue weighted by Gasteiger charge is -2.13. The summed E-state index contributed by atoms with van der Waals surface area (Å²) in [7, 11) is 0. The molecule has 2 rings (SSSR count). The Balaban J connectivity index is 2.13. The zero-order valence-corrected chi connectivity index (χ0v) is 13.6. The molecule has 0 saturated carbocycles. The number of rotatable bonds is 3. The first kappa shape index (κ1) is 13.8. The highest BCUT2D eigenvalue weighted by Gasteiger charge is 2.17. The first-order valence-electron chi connectivity index (χ1n) is 5.60. The quantitative estimate of drug-likeness (QED) is 0.861. The number of aryl methyl sites for hydroxylation is 2. The summed E-state index contributed by atoms with van der Waals surface area (Å²) in [4.78, 5) is 15.4. The highest BCUT2D eigenvalue weighted by atomic mass is 79.9. The van der Waals surface area contributed by atoms with Crippen molar-refractivity contribution in [3.05, 3.63) is 42.2 Å². The highest BCUT2D eigenvalue weighted by Crippen LogP contribution is 2.27. The van der Waals surface area contributed by atoms with E-state index in [0.29, 0.717) is 0 Å². The number of carbonyl (C=O) groups excluding carboxylic acids is 1. The van der Waals surface area contributed by atoms with E-state index in [1.54, 1.807) is 11.3 Å². The summed E-state index contributed by atoms with van der Waals surface area (Å²) < 4.78 is 0.857. The van der Waals surface area contributed by atoms with E-state index in [1.807, 2.05) is 18.4 Å². The molecule has 1 N–H and O–H groups in total. The molecule has 0 aliphatic heterocycles. The van der Waals surface area contributed by atoms with Gasteiger partial charge in [0.2, 0.25) is 0 Å². The zero-order chi connectivity index (χ0) is 13.3. The fourth-order valence-electron chi connectivity index (χ4n) is 1.88. The average Bonchev–Trinajstić information content (AvgIpc) is 2.84. The van der Waals surface area contributed by atoms with Gasteiger partial charge >= 0.3 is 0 Å². The molecule has 1 atom stereocenters. The molecule has 2 nitrogen and oxygen atoms in total. The Morgan fingerprint density at radius 3 is 2.67 bits per heavy atom. The predicted octanol–water partition coefficient (Wildman–Crippen LogP) is 4.68. The maximum Gasteiger partial charge on any atom is 0.262 e. The molecule has 0 spiro atoms. The lowest BCUT2D eigenvalue weighted by molar-refractivity contribution is 0.0943. The number of hydrogen-bond donors (Lipinski definition) is 1. The molecule has 0 bridgehead atoms. The van der Waals surface area contributed by atoms with Gasteiger partial charge in [-0.1, -0.05) is 0 Å². The second-order valence-corrected chi connectivity index (χ2v) is 7.39. The highest BCUT2D eigenvalue weighted by molar-refractivity contribution is 9.10. The Labute approximate surface area is 123 Å². The van der Waals surface area contributed by atoms with Crippen LogP contribution in [0, 0.1) is 13.8 Å². The molecule has 1 unspecified atom stereocenters. The Hall–Kier alpha value is -0.650. The number of nitrogens with one attached hydrogen (secondary N) is 1. The van der Waals surface area contributed by atoms with Crippen molar-refractivity contribution in [2.75, 3.05) is 0 Å². The van der Waals surface area contributed by atoms with Gasteiger partial charge < -0.3 is 5.32 Å². The Morgan fingerprint density at radius 1 is 1.44 bits per heavy atom. The molecule has 96 valence electrons. The molecule has 0 aliphatic rings. The Kier molecular flexibility index (Phi) is 4.25. The van der Waals surface area contributed by atoms with Gasteiger partial charge in [0.25, 0.3) is 5.91 Å². The van der Waals surface area contributed by atoms with Crippen molar-refractivity contribution in [3.8, 4) is 0 Å². The molecule has 18 heavy (non-hydrogen) atoms. The van der Waals surface area contributed by atoms with Crippen molar-refractivity contribution in [3.63, 3.8) is 0 Å². The first-order chi connectivity index (χ1) is 8.49. The summed E-state index contributed by atoms with van der Waals surface area (Å²) in [5.41, 5.74) is 1.21. The number of amides is 1. The topological polar surface area (TPSA) is 29.1 Å². The third-order valence-electron chi connectivity index (χ3n) is 2.72. The largest absolute Gasteiger partial charge is 0.345 e. The molecule has 0 aliphatic carbocycles. The molecular weight excluding hydrogens is 330 g/mol. The minimum Gasteiger partial charge on any atom is -0.345 e. The second kappa shape index (κ2) is 5.55. The SMILES string of the molecule is Cc1cc(C(C)NC(=O)c2sccc2Br)c(C)s1. The molecule has 2 heterocycles. The van der Waals surface area contributed by atoms with Crippen molar-refractivity contribution in [1.29, 1.82) is 0 Å². The van der Waals surface area contributed by atoms with E-state index >= 15 is 0 Å². The van der Waals surface area contributed by atoms with Gasteiger partial charge in [-0.05, 0) is 59.8 Å². The standard InChI is InChI=1S/C13H14BrNOS2/c1-7-6-10(9(3)18-7)8(2)15-13(16)12-11(14)4-5-17-12/h4-6,8H,1-3H3,(H,15,16). The van der Waals surface area contributed by atoms with Crippen LogP contribution in [0.3, 0.4) is 0 Å². The second-order valence-electron chi connectivity index (χ2n) is 4.16. The molecule has 0 radical (unpaired) electrons. The maximum atomic E-state index is 12.1. The van der Waals surface area contributed by atoms with Crippen LogP contribution in [0.2, 0.25) is 0 Å². The van der Waals surface area contributed by atoms with Crippen LogP contribution in [0.15, 0.2) is 22.0 Å². The zero-order valence-electron chi connectivity index (χ0n) is 10.4. The van der Waals surface area contributed by atoms with Crippen LogP contribution in [0.4, 0.5) is 0 Å². The number of halogens is 1. The van der Waals surface area contributed by atoms with Crippen molar-refractivity contribution in [2.45, 2.75) is 26.8 Å². The van der Waals surface area contributed by atoms with E-state index in [4.69, 9.17) is 0 Å². The predicted molar refractivity (Wildman–Crippen MR) is 81.7 cm³/mol. The van der Waals surface area contributed by atoms with E-state index in [9.17, 15) is 4.79 Å². The summed E-state index contributed by atoms with van der Waals surface area (Å²) in [5.74, 6) is -0.0207. The van der Waals surface area contributed by atoms with Crippen LogP contribution in [0.5, 0.6) is 0 Å². The van der Waals surface area contributed by atoms with Crippen LogP contribution in [0.1, 0.15) is 38.0 Å². The number of thiophene rings is 2. The molecule has 5 heteroatoms. The molecule has 0 aromatic carbocycles. The number of carbonyl (C=O) groups is 1. The molecule has 0 fully saturated rings. The fraction of sp³-hybridized carbons (Fsp3) is 0.308. The van der Waals surface area contributed by atoms with Crippen LogP contribution in [0.25, 0.3) is 0 Å². The molecule has 2 aromatic rings. The first-order valence-corrected chi connectivity index (χ1v) is 8.08. The van der Waals surface area contributed by atoms with Gasteiger partial charge in [-0.3, -0.25) is 4.79 Å². The Bertz CT molecular complexity index is 573. The summed E-state index contributed by atoms with van der Waals surface area (Å²) in [5, 5.41) is 4.95. The van der Waals surface area contributed by atoms with Crippen molar-refractivity contribution in [2.24, 2.45) is 0 Å². The summed E-state index contributed by atoms with van der Waals surface area (Å²) in [6.07, 6.45) is 0. The summed E-state index contributed by atoms with van der Waals surface area (Å²) >= 11 is 6.60. The lowest BCUT2D eigenvalue weighted by atomic mass is 10.1. The van der Waals surface area contributed by atoms with E-state index in [2.05, 4.69) is 41.2 Å². The van der Waals surface area contributed by atoms with Crippen molar-refractivity contribution in [1.82, 2.24) is 5.32 Å².